The Hall–Kier alpha value is -2.45. The maximum absolute atomic E-state index is 5.83. The highest BCUT2D eigenvalue weighted by atomic mass is 32.2. The first-order chi connectivity index (χ1) is 12.2. The molecule has 0 saturated carbocycles. The van der Waals surface area contributed by atoms with Gasteiger partial charge in [0, 0.05) is 11.4 Å². The molecule has 3 rings (SSSR count). The van der Waals surface area contributed by atoms with Gasteiger partial charge in [0.05, 0.1) is 4.75 Å². The summed E-state index contributed by atoms with van der Waals surface area (Å²) < 4.78 is -0.265. The van der Waals surface area contributed by atoms with Crippen LogP contribution in [0.3, 0.4) is 0 Å². The lowest BCUT2D eigenvalue weighted by Gasteiger charge is -2.35. The van der Waals surface area contributed by atoms with Gasteiger partial charge in [-0.25, -0.2) is 0 Å². The Morgan fingerprint density at radius 3 is 1.40 bits per heavy atom. The summed E-state index contributed by atoms with van der Waals surface area (Å²) in [7, 11) is 0. The molecule has 0 aliphatic heterocycles. The monoisotopic (exact) mass is 345 g/mol. The van der Waals surface area contributed by atoms with Crippen LogP contribution in [0.5, 0.6) is 0 Å². The van der Waals surface area contributed by atoms with Crippen molar-refractivity contribution in [1.82, 2.24) is 0 Å². The summed E-state index contributed by atoms with van der Waals surface area (Å²) in [6.45, 7) is 3.86. The molecule has 0 atom stereocenters. The first-order valence-corrected chi connectivity index (χ1v) is 9.46. The molecule has 0 fully saturated rings. The molecule has 0 amide bonds. The van der Waals surface area contributed by atoms with E-state index in [-0.39, 0.29) is 4.75 Å². The third-order valence-corrected chi connectivity index (χ3v) is 5.83. The van der Waals surface area contributed by atoms with Crippen molar-refractivity contribution in [1.29, 1.82) is 0 Å². The molecule has 0 spiro atoms. The fraction of sp³-hybridized carbons (Fsp3) is 0.130. The van der Waals surface area contributed by atoms with Gasteiger partial charge < -0.3 is 5.73 Å². The molecule has 0 aliphatic rings. The second-order valence-corrected chi connectivity index (χ2v) is 7.35. The molecule has 0 radical (unpaired) electrons. The summed E-state index contributed by atoms with van der Waals surface area (Å²) in [5, 5.41) is 0. The molecule has 0 unspecified atom stereocenters. The molecule has 0 saturated heterocycles. The van der Waals surface area contributed by atoms with E-state index in [1.54, 1.807) is 0 Å². The predicted octanol–water partition coefficient (Wildman–Crippen LogP) is 5.57. The van der Waals surface area contributed by atoms with Gasteiger partial charge in [-0.2, -0.15) is 0 Å². The molecule has 3 aromatic carbocycles. The van der Waals surface area contributed by atoms with Gasteiger partial charge in [-0.1, -0.05) is 97.6 Å². The minimum absolute atomic E-state index is 0.265. The number of rotatable bonds is 7. The molecule has 2 heteroatoms. The van der Waals surface area contributed by atoms with Crippen molar-refractivity contribution in [2.75, 3.05) is 5.75 Å². The van der Waals surface area contributed by atoms with Crippen molar-refractivity contribution in [2.24, 2.45) is 5.73 Å². The normalized spacial score (nSPS) is 11.2. The van der Waals surface area contributed by atoms with E-state index >= 15 is 0 Å². The van der Waals surface area contributed by atoms with E-state index in [0.717, 1.165) is 17.9 Å². The molecule has 0 heterocycles. The standard InChI is InChI=1S/C23H23NS/c1-19(24)17-18-25-23(20-11-5-2-6-12-20,21-13-7-3-8-14-21)22-15-9-4-10-16-22/h2-16H,1,17-18,24H2. The average molecular weight is 346 g/mol. The molecule has 126 valence electrons. The zero-order chi connectivity index (χ0) is 17.5. The molecule has 0 aliphatic carbocycles. The van der Waals surface area contributed by atoms with Gasteiger partial charge in [-0.3, -0.25) is 0 Å². The zero-order valence-electron chi connectivity index (χ0n) is 14.3. The highest BCUT2D eigenvalue weighted by molar-refractivity contribution is 8.00. The first-order valence-electron chi connectivity index (χ1n) is 8.47. The van der Waals surface area contributed by atoms with Crippen LogP contribution in [0, 0.1) is 0 Å². The number of thioether (sulfide) groups is 1. The van der Waals surface area contributed by atoms with Gasteiger partial charge in [0.1, 0.15) is 0 Å². The Kier molecular flexibility index (Phi) is 5.62. The summed E-state index contributed by atoms with van der Waals surface area (Å²) in [4.78, 5) is 0. The van der Waals surface area contributed by atoms with Crippen molar-refractivity contribution >= 4 is 11.8 Å². The molecule has 2 N–H and O–H groups in total. The topological polar surface area (TPSA) is 26.0 Å². The van der Waals surface area contributed by atoms with Crippen molar-refractivity contribution in [3.8, 4) is 0 Å². The summed E-state index contributed by atoms with van der Waals surface area (Å²) in [6.07, 6.45) is 0.804. The second-order valence-electron chi connectivity index (χ2n) is 6.04. The molecule has 0 bridgehead atoms. The molecule has 3 aromatic rings. The highest BCUT2D eigenvalue weighted by Gasteiger charge is 2.36. The van der Waals surface area contributed by atoms with Crippen molar-refractivity contribution in [3.63, 3.8) is 0 Å². The van der Waals surface area contributed by atoms with Gasteiger partial charge in [0.15, 0.2) is 0 Å². The smallest absolute Gasteiger partial charge is 0.0907 e. The Balaban J connectivity index is 2.18. The molecular formula is C23H23NS. The van der Waals surface area contributed by atoms with E-state index in [9.17, 15) is 0 Å². The van der Waals surface area contributed by atoms with Gasteiger partial charge >= 0.3 is 0 Å². The van der Waals surface area contributed by atoms with Crippen LogP contribution in [0.4, 0.5) is 0 Å². The van der Waals surface area contributed by atoms with Crippen molar-refractivity contribution in [3.05, 3.63) is 120 Å². The maximum atomic E-state index is 5.83. The Morgan fingerprint density at radius 2 is 1.08 bits per heavy atom. The summed E-state index contributed by atoms with van der Waals surface area (Å²) in [5.41, 5.74) is 10.4. The summed E-state index contributed by atoms with van der Waals surface area (Å²) in [6, 6.07) is 32.1. The van der Waals surface area contributed by atoms with E-state index in [4.69, 9.17) is 5.73 Å². The molecule has 0 aromatic heterocycles. The summed E-state index contributed by atoms with van der Waals surface area (Å²) >= 11 is 1.92. The lowest BCUT2D eigenvalue weighted by molar-refractivity contribution is 0.890. The van der Waals surface area contributed by atoms with E-state index in [2.05, 4.69) is 97.6 Å². The predicted molar refractivity (Wildman–Crippen MR) is 110 cm³/mol. The highest BCUT2D eigenvalue weighted by Crippen LogP contribution is 2.48. The molecular weight excluding hydrogens is 322 g/mol. The van der Waals surface area contributed by atoms with Crippen molar-refractivity contribution in [2.45, 2.75) is 11.2 Å². The maximum Gasteiger partial charge on any atom is 0.0907 e. The molecule has 1 nitrogen and oxygen atoms in total. The van der Waals surface area contributed by atoms with Crippen LogP contribution in [0.1, 0.15) is 23.1 Å². The van der Waals surface area contributed by atoms with Crippen molar-refractivity contribution < 1.29 is 0 Å². The largest absolute Gasteiger partial charge is 0.402 e. The fourth-order valence-corrected chi connectivity index (χ4v) is 4.68. The van der Waals surface area contributed by atoms with E-state index in [1.807, 2.05) is 11.8 Å². The van der Waals surface area contributed by atoms with Crippen LogP contribution < -0.4 is 5.73 Å². The SMILES string of the molecule is C=C(N)CCSC(c1ccccc1)(c1ccccc1)c1ccccc1. The third-order valence-electron chi connectivity index (χ3n) is 4.28. The second kappa shape index (κ2) is 8.09. The van der Waals surface area contributed by atoms with Gasteiger partial charge in [0.25, 0.3) is 0 Å². The van der Waals surface area contributed by atoms with Crippen LogP contribution in [0.25, 0.3) is 0 Å². The van der Waals surface area contributed by atoms with Gasteiger partial charge in [-0.15, -0.1) is 11.8 Å². The zero-order valence-corrected chi connectivity index (χ0v) is 15.1. The lowest BCUT2D eigenvalue weighted by Crippen LogP contribution is -2.26. The fourth-order valence-electron chi connectivity index (χ4n) is 3.10. The van der Waals surface area contributed by atoms with Gasteiger partial charge in [-0.05, 0) is 23.1 Å². The van der Waals surface area contributed by atoms with Crippen LogP contribution in [-0.4, -0.2) is 5.75 Å². The number of nitrogens with two attached hydrogens (primary N) is 1. The van der Waals surface area contributed by atoms with Crippen LogP contribution in [0.15, 0.2) is 103 Å². The molecule has 25 heavy (non-hydrogen) atoms. The number of hydrogen-bond donors (Lipinski definition) is 1. The summed E-state index contributed by atoms with van der Waals surface area (Å²) in [5.74, 6) is 0.911. The van der Waals surface area contributed by atoms with E-state index in [1.165, 1.54) is 16.7 Å². The minimum Gasteiger partial charge on any atom is -0.402 e. The lowest BCUT2D eigenvalue weighted by atomic mass is 9.84. The first kappa shape index (κ1) is 17.4. The Labute approximate surface area is 154 Å². The Morgan fingerprint density at radius 1 is 0.720 bits per heavy atom. The van der Waals surface area contributed by atoms with E-state index in [0.29, 0.717) is 0 Å². The van der Waals surface area contributed by atoms with Crippen LogP contribution in [-0.2, 0) is 4.75 Å². The van der Waals surface area contributed by atoms with E-state index < -0.39 is 0 Å². The number of benzene rings is 3. The van der Waals surface area contributed by atoms with Crippen LogP contribution >= 0.6 is 11.8 Å². The number of hydrogen-bond acceptors (Lipinski definition) is 2. The Bertz CT molecular complexity index is 701. The van der Waals surface area contributed by atoms with Crippen LogP contribution in [0.2, 0.25) is 0 Å². The van der Waals surface area contributed by atoms with Gasteiger partial charge in [0.2, 0.25) is 0 Å². The average Bonchev–Trinajstić information content (AvgIpc) is 2.67. The minimum atomic E-state index is -0.265. The quantitative estimate of drug-likeness (QED) is 0.566. The third kappa shape index (κ3) is 3.80. The number of allylic oxidation sites excluding steroid dienone is 1.